The Morgan fingerprint density at radius 1 is 1.43 bits per heavy atom. The van der Waals surface area contributed by atoms with E-state index in [9.17, 15) is 5.11 Å². The first-order valence-corrected chi connectivity index (χ1v) is 5.86. The molecule has 0 radical (unpaired) electrons. The van der Waals surface area contributed by atoms with Gasteiger partial charge >= 0.3 is 0 Å². The Balaban J connectivity index is 2.66. The first-order chi connectivity index (χ1) is 6.70. The van der Waals surface area contributed by atoms with Gasteiger partial charge in [-0.25, -0.2) is 0 Å². The molecule has 0 unspecified atom stereocenters. The molecule has 1 aromatic heterocycles. The highest BCUT2D eigenvalue weighted by Gasteiger charge is 2.07. The smallest absolute Gasteiger partial charge is 0.172 e. The Kier molecular flexibility index (Phi) is 2.65. The van der Waals surface area contributed by atoms with Crippen LogP contribution in [0.1, 0.15) is 6.92 Å². The van der Waals surface area contributed by atoms with Crippen molar-refractivity contribution in [1.82, 2.24) is 0 Å². The van der Waals surface area contributed by atoms with Gasteiger partial charge in [0.25, 0.3) is 0 Å². The minimum atomic E-state index is 0.319. The maximum absolute atomic E-state index is 9.39. The molecule has 0 saturated carbocycles. The number of rotatable bonds is 2. The van der Waals surface area contributed by atoms with Gasteiger partial charge in [0.2, 0.25) is 0 Å². The Bertz CT molecular complexity index is 464. The summed E-state index contributed by atoms with van der Waals surface area (Å²) in [6.45, 7) is 2.57. The molecule has 0 saturated heterocycles. The SMILES string of the molecule is CCOc1cc(Br)cc2sc(O)cc12. The Hall–Kier alpha value is -0.740. The van der Waals surface area contributed by atoms with Gasteiger partial charge in [-0.2, -0.15) is 0 Å². The van der Waals surface area contributed by atoms with Gasteiger partial charge in [0.05, 0.1) is 6.61 Å². The predicted molar refractivity (Wildman–Crippen MR) is 62.4 cm³/mol. The van der Waals surface area contributed by atoms with Crippen molar-refractivity contribution in [3.63, 3.8) is 0 Å². The average Bonchev–Trinajstić information content (AvgIpc) is 2.45. The second-order valence-electron chi connectivity index (χ2n) is 2.83. The molecule has 0 amide bonds. The van der Waals surface area contributed by atoms with Crippen molar-refractivity contribution in [2.75, 3.05) is 6.61 Å². The van der Waals surface area contributed by atoms with Crippen LogP contribution in [0.2, 0.25) is 0 Å². The normalized spacial score (nSPS) is 10.7. The third-order valence-corrected chi connectivity index (χ3v) is 3.19. The van der Waals surface area contributed by atoms with Crippen molar-refractivity contribution >= 4 is 37.4 Å². The van der Waals surface area contributed by atoms with E-state index in [4.69, 9.17) is 4.74 Å². The number of hydrogen-bond donors (Lipinski definition) is 1. The van der Waals surface area contributed by atoms with Crippen molar-refractivity contribution < 1.29 is 9.84 Å². The van der Waals surface area contributed by atoms with Crippen LogP contribution in [0, 0.1) is 0 Å². The summed E-state index contributed by atoms with van der Waals surface area (Å²) in [5.74, 6) is 0.813. The van der Waals surface area contributed by atoms with Crippen LogP contribution < -0.4 is 4.74 Å². The van der Waals surface area contributed by atoms with E-state index in [2.05, 4.69) is 15.9 Å². The Morgan fingerprint density at radius 3 is 2.93 bits per heavy atom. The van der Waals surface area contributed by atoms with E-state index in [0.29, 0.717) is 11.7 Å². The van der Waals surface area contributed by atoms with Gasteiger partial charge in [-0.3, -0.25) is 0 Å². The van der Waals surface area contributed by atoms with Crippen LogP contribution in [0.4, 0.5) is 0 Å². The molecule has 0 aliphatic carbocycles. The van der Waals surface area contributed by atoms with Gasteiger partial charge in [-0.05, 0) is 19.1 Å². The number of fused-ring (bicyclic) bond motifs is 1. The van der Waals surface area contributed by atoms with Crippen molar-refractivity contribution in [1.29, 1.82) is 0 Å². The zero-order valence-corrected chi connectivity index (χ0v) is 9.98. The standard InChI is InChI=1S/C10H9BrO2S/c1-2-13-8-3-6(11)4-9-7(8)5-10(12)14-9/h3-5,12H,2H2,1H3. The van der Waals surface area contributed by atoms with E-state index in [1.54, 1.807) is 6.07 Å². The number of aromatic hydroxyl groups is 1. The first kappa shape index (κ1) is 9.80. The van der Waals surface area contributed by atoms with Gasteiger partial charge in [0.1, 0.15) is 5.75 Å². The lowest BCUT2D eigenvalue weighted by atomic mass is 10.2. The lowest BCUT2D eigenvalue weighted by Crippen LogP contribution is -1.91. The van der Waals surface area contributed by atoms with Crippen LogP contribution in [-0.4, -0.2) is 11.7 Å². The lowest BCUT2D eigenvalue weighted by molar-refractivity contribution is 0.344. The van der Waals surface area contributed by atoms with Gasteiger partial charge in [0, 0.05) is 20.6 Å². The fourth-order valence-corrected chi connectivity index (χ4v) is 2.78. The highest BCUT2D eigenvalue weighted by molar-refractivity contribution is 9.10. The average molecular weight is 273 g/mol. The van der Waals surface area contributed by atoms with E-state index in [-0.39, 0.29) is 0 Å². The summed E-state index contributed by atoms with van der Waals surface area (Å²) in [6.07, 6.45) is 0. The molecular formula is C10H9BrO2S. The van der Waals surface area contributed by atoms with E-state index in [1.807, 2.05) is 19.1 Å². The maximum Gasteiger partial charge on any atom is 0.172 e. The molecule has 2 nitrogen and oxygen atoms in total. The molecule has 74 valence electrons. The fraction of sp³-hybridized carbons (Fsp3) is 0.200. The van der Waals surface area contributed by atoms with Crippen molar-refractivity contribution in [2.24, 2.45) is 0 Å². The predicted octanol–water partition coefficient (Wildman–Crippen LogP) is 3.77. The minimum Gasteiger partial charge on any atom is -0.499 e. The van der Waals surface area contributed by atoms with Gasteiger partial charge in [-0.1, -0.05) is 27.3 Å². The van der Waals surface area contributed by atoms with Crippen LogP contribution in [0.3, 0.4) is 0 Å². The molecule has 0 atom stereocenters. The van der Waals surface area contributed by atoms with Crippen molar-refractivity contribution in [2.45, 2.75) is 6.92 Å². The van der Waals surface area contributed by atoms with Crippen molar-refractivity contribution in [3.05, 3.63) is 22.7 Å². The molecule has 0 fully saturated rings. The molecule has 0 spiro atoms. The molecule has 2 rings (SSSR count). The topological polar surface area (TPSA) is 29.5 Å². The molecular weight excluding hydrogens is 264 g/mol. The van der Waals surface area contributed by atoms with Crippen LogP contribution >= 0.6 is 27.3 Å². The van der Waals surface area contributed by atoms with Gasteiger partial charge in [0.15, 0.2) is 5.06 Å². The third kappa shape index (κ3) is 1.72. The second kappa shape index (κ2) is 3.79. The van der Waals surface area contributed by atoms with Crippen LogP contribution in [0.15, 0.2) is 22.7 Å². The monoisotopic (exact) mass is 272 g/mol. The number of ether oxygens (including phenoxy) is 1. The summed E-state index contributed by atoms with van der Waals surface area (Å²) in [5, 5.41) is 10.7. The number of thiophene rings is 1. The first-order valence-electron chi connectivity index (χ1n) is 4.25. The van der Waals surface area contributed by atoms with E-state index in [0.717, 1.165) is 20.3 Å². The summed E-state index contributed by atoms with van der Waals surface area (Å²) in [5.41, 5.74) is 0. The van der Waals surface area contributed by atoms with Crippen molar-refractivity contribution in [3.8, 4) is 10.8 Å². The maximum atomic E-state index is 9.39. The highest BCUT2D eigenvalue weighted by Crippen LogP contribution is 2.38. The quantitative estimate of drug-likeness (QED) is 0.902. The molecule has 0 aliphatic rings. The molecule has 1 aromatic carbocycles. The van der Waals surface area contributed by atoms with Gasteiger partial charge < -0.3 is 9.84 Å². The molecule has 0 aliphatic heterocycles. The zero-order chi connectivity index (χ0) is 10.1. The van der Waals surface area contributed by atoms with E-state index < -0.39 is 0 Å². The largest absolute Gasteiger partial charge is 0.499 e. The molecule has 2 aromatic rings. The summed E-state index contributed by atoms with van der Waals surface area (Å²) in [4.78, 5) is 0. The molecule has 4 heteroatoms. The molecule has 1 heterocycles. The Morgan fingerprint density at radius 2 is 2.21 bits per heavy atom. The molecule has 0 bridgehead atoms. The second-order valence-corrected chi connectivity index (χ2v) is 4.81. The summed E-state index contributed by atoms with van der Waals surface area (Å²) < 4.78 is 7.47. The lowest BCUT2D eigenvalue weighted by Gasteiger charge is -2.04. The van der Waals surface area contributed by atoms with Crippen LogP contribution in [0.5, 0.6) is 10.8 Å². The van der Waals surface area contributed by atoms with Crippen LogP contribution in [-0.2, 0) is 0 Å². The minimum absolute atomic E-state index is 0.319. The molecule has 14 heavy (non-hydrogen) atoms. The highest BCUT2D eigenvalue weighted by atomic mass is 79.9. The van der Waals surface area contributed by atoms with Crippen LogP contribution in [0.25, 0.3) is 10.1 Å². The Labute approximate surface area is 94.3 Å². The van der Waals surface area contributed by atoms with Gasteiger partial charge in [-0.15, -0.1) is 0 Å². The summed E-state index contributed by atoms with van der Waals surface area (Å²) in [7, 11) is 0. The third-order valence-electron chi connectivity index (χ3n) is 1.85. The zero-order valence-electron chi connectivity index (χ0n) is 7.58. The number of benzene rings is 1. The number of halogens is 1. The van der Waals surface area contributed by atoms with E-state index >= 15 is 0 Å². The molecule has 1 N–H and O–H groups in total. The summed E-state index contributed by atoms with van der Waals surface area (Å²) >= 11 is 4.76. The number of hydrogen-bond acceptors (Lipinski definition) is 3. The fourth-order valence-electron chi connectivity index (χ4n) is 1.34. The van der Waals surface area contributed by atoms with E-state index in [1.165, 1.54) is 11.3 Å². The summed E-state index contributed by atoms with van der Waals surface area (Å²) in [6, 6.07) is 5.62.